The minimum Gasteiger partial charge on any atom is -0.304 e. The van der Waals surface area contributed by atoms with E-state index in [9.17, 15) is 0 Å². The smallest absolute Gasteiger partial charge is 0.0113 e. The quantitative estimate of drug-likeness (QED) is 0.631. The molecule has 1 aliphatic carbocycles. The summed E-state index contributed by atoms with van der Waals surface area (Å²) in [6.07, 6.45) is 5.81. The highest BCUT2D eigenvalue weighted by Gasteiger charge is 2.25. The lowest BCUT2D eigenvalue weighted by Gasteiger charge is -2.40. The molecule has 2 rings (SSSR count). The number of piperazine rings is 1. The molecule has 2 fully saturated rings. The Balaban J connectivity index is 1.78. The largest absolute Gasteiger partial charge is 0.304 e. The first kappa shape index (κ1) is 10.4. The third-order valence-corrected chi connectivity index (χ3v) is 4.04. The molecule has 0 radical (unpaired) electrons. The molecule has 0 aromatic rings. The predicted octanol–water partition coefficient (Wildman–Crippen LogP) is 1.81. The third-order valence-electron chi connectivity index (χ3n) is 4.04. The molecule has 1 heterocycles. The van der Waals surface area contributed by atoms with Crippen LogP contribution in [0.2, 0.25) is 0 Å². The van der Waals surface area contributed by atoms with E-state index in [1.54, 1.807) is 0 Å². The van der Waals surface area contributed by atoms with Gasteiger partial charge in [-0.1, -0.05) is 6.92 Å². The Labute approximate surface area is 88.3 Å². The number of hydrogen-bond acceptors (Lipinski definition) is 2. The standard InChI is InChI=1S/C12H24N2/c1-11-3-5-12(6-4-11)14-9-7-13(2)8-10-14/h11-12H,3-10H2,1-2H3/t11-,12-. The van der Waals surface area contributed by atoms with E-state index in [4.69, 9.17) is 0 Å². The van der Waals surface area contributed by atoms with E-state index in [1.807, 2.05) is 0 Å². The Bertz CT molecular complexity index is 145. The van der Waals surface area contributed by atoms with Crippen molar-refractivity contribution in [1.82, 2.24) is 9.80 Å². The van der Waals surface area contributed by atoms with Gasteiger partial charge in [-0.3, -0.25) is 4.90 Å². The summed E-state index contributed by atoms with van der Waals surface area (Å²) in [5.74, 6) is 0.985. The molecule has 0 atom stereocenters. The second kappa shape index (κ2) is 4.63. The van der Waals surface area contributed by atoms with Crippen LogP contribution in [-0.2, 0) is 0 Å². The lowest BCUT2D eigenvalue weighted by atomic mass is 9.86. The van der Waals surface area contributed by atoms with Crippen LogP contribution >= 0.6 is 0 Å². The number of rotatable bonds is 1. The Morgan fingerprint density at radius 2 is 1.43 bits per heavy atom. The van der Waals surface area contributed by atoms with Gasteiger partial charge >= 0.3 is 0 Å². The first-order valence-corrected chi connectivity index (χ1v) is 6.18. The second-order valence-corrected chi connectivity index (χ2v) is 5.25. The molecule has 0 amide bonds. The molecule has 0 aromatic carbocycles. The van der Waals surface area contributed by atoms with Crippen LogP contribution in [0, 0.1) is 5.92 Å². The van der Waals surface area contributed by atoms with Crippen LogP contribution < -0.4 is 0 Å². The average molecular weight is 196 g/mol. The molecule has 0 N–H and O–H groups in total. The molecule has 0 aromatic heterocycles. The van der Waals surface area contributed by atoms with Gasteiger partial charge in [0.1, 0.15) is 0 Å². The van der Waals surface area contributed by atoms with Gasteiger partial charge in [0.25, 0.3) is 0 Å². The number of hydrogen-bond donors (Lipinski definition) is 0. The van der Waals surface area contributed by atoms with Gasteiger partial charge < -0.3 is 4.90 Å². The molecule has 1 saturated heterocycles. The van der Waals surface area contributed by atoms with Crippen molar-refractivity contribution in [3.8, 4) is 0 Å². The zero-order valence-electron chi connectivity index (χ0n) is 9.71. The zero-order chi connectivity index (χ0) is 9.97. The molecule has 2 aliphatic rings. The van der Waals surface area contributed by atoms with Crippen LogP contribution in [0.25, 0.3) is 0 Å². The normalized spacial score (nSPS) is 37.3. The minimum atomic E-state index is 0.917. The molecule has 0 unspecified atom stereocenters. The molecule has 0 bridgehead atoms. The van der Waals surface area contributed by atoms with Crippen molar-refractivity contribution in [2.24, 2.45) is 5.92 Å². The van der Waals surface area contributed by atoms with Crippen molar-refractivity contribution < 1.29 is 0 Å². The predicted molar refractivity (Wildman–Crippen MR) is 60.5 cm³/mol. The van der Waals surface area contributed by atoms with Gasteiger partial charge in [0, 0.05) is 32.2 Å². The summed E-state index contributed by atoms with van der Waals surface area (Å²) in [6.45, 7) is 7.55. The second-order valence-electron chi connectivity index (χ2n) is 5.25. The maximum atomic E-state index is 2.73. The van der Waals surface area contributed by atoms with E-state index in [1.165, 1.54) is 51.9 Å². The van der Waals surface area contributed by atoms with Crippen molar-refractivity contribution >= 4 is 0 Å². The Kier molecular flexibility index (Phi) is 3.45. The van der Waals surface area contributed by atoms with Gasteiger partial charge in [0.15, 0.2) is 0 Å². The van der Waals surface area contributed by atoms with Gasteiger partial charge in [0.05, 0.1) is 0 Å². The summed E-state index contributed by atoms with van der Waals surface area (Å²) >= 11 is 0. The molecule has 1 saturated carbocycles. The Hall–Kier alpha value is -0.0800. The molecule has 2 heteroatoms. The average Bonchev–Trinajstić information content (AvgIpc) is 2.21. The fourth-order valence-electron chi connectivity index (χ4n) is 2.79. The van der Waals surface area contributed by atoms with E-state index in [0.717, 1.165) is 12.0 Å². The minimum absolute atomic E-state index is 0.917. The summed E-state index contributed by atoms with van der Waals surface area (Å²) in [4.78, 5) is 5.17. The first-order chi connectivity index (χ1) is 6.75. The summed E-state index contributed by atoms with van der Waals surface area (Å²) < 4.78 is 0. The summed E-state index contributed by atoms with van der Waals surface area (Å²) in [6, 6.07) is 0.917. The lowest BCUT2D eigenvalue weighted by Crippen LogP contribution is -2.49. The van der Waals surface area contributed by atoms with Crippen molar-refractivity contribution in [2.45, 2.75) is 38.6 Å². The van der Waals surface area contributed by atoms with Crippen LogP contribution in [0.5, 0.6) is 0 Å². The van der Waals surface area contributed by atoms with Crippen LogP contribution in [0.15, 0.2) is 0 Å². The van der Waals surface area contributed by atoms with Crippen LogP contribution in [0.1, 0.15) is 32.6 Å². The monoisotopic (exact) mass is 196 g/mol. The van der Waals surface area contributed by atoms with Crippen molar-refractivity contribution in [3.63, 3.8) is 0 Å². The fourth-order valence-corrected chi connectivity index (χ4v) is 2.79. The SMILES string of the molecule is CN1CCN([C@H]2CC[C@H](C)CC2)CC1. The Morgan fingerprint density at radius 3 is 2.00 bits per heavy atom. The summed E-state index contributed by atoms with van der Waals surface area (Å²) in [5.41, 5.74) is 0. The van der Waals surface area contributed by atoms with Crippen LogP contribution in [0.3, 0.4) is 0 Å². The molecule has 1 aliphatic heterocycles. The molecular weight excluding hydrogens is 172 g/mol. The van der Waals surface area contributed by atoms with E-state index < -0.39 is 0 Å². The van der Waals surface area contributed by atoms with Gasteiger partial charge in [-0.15, -0.1) is 0 Å². The van der Waals surface area contributed by atoms with Gasteiger partial charge in [0.2, 0.25) is 0 Å². The molecule has 2 nitrogen and oxygen atoms in total. The Morgan fingerprint density at radius 1 is 0.857 bits per heavy atom. The van der Waals surface area contributed by atoms with E-state index >= 15 is 0 Å². The van der Waals surface area contributed by atoms with Crippen LogP contribution in [-0.4, -0.2) is 49.1 Å². The van der Waals surface area contributed by atoms with E-state index in [2.05, 4.69) is 23.8 Å². The van der Waals surface area contributed by atoms with Crippen LogP contribution in [0.4, 0.5) is 0 Å². The highest BCUT2D eigenvalue weighted by atomic mass is 15.3. The molecule has 14 heavy (non-hydrogen) atoms. The lowest BCUT2D eigenvalue weighted by molar-refractivity contribution is 0.0832. The maximum Gasteiger partial charge on any atom is 0.0113 e. The molecule has 82 valence electrons. The molecular formula is C12H24N2. The third kappa shape index (κ3) is 2.48. The van der Waals surface area contributed by atoms with Gasteiger partial charge in [-0.2, -0.15) is 0 Å². The number of likely N-dealkylation sites (N-methyl/N-ethyl adjacent to an activating group) is 1. The molecule has 0 spiro atoms. The van der Waals surface area contributed by atoms with Gasteiger partial charge in [-0.25, -0.2) is 0 Å². The van der Waals surface area contributed by atoms with Crippen molar-refractivity contribution in [3.05, 3.63) is 0 Å². The highest BCUT2D eigenvalue weighted by Crippen LogP contribution is 2.27. The fraction of sp³-hybridized carbons (Fsp3) is 1.00. The maximum absolute atomic E-state index is 2.73. The summed E-state index contributed by atoms with van der Waals surface area (Å²) in [5, 5.41) is 0. The van der Waals surface area contributed by atoms with E-state index in [0.29, 0.717) is 0 Å². The van der Waals surface area contributed by atoms with Gasteiger partial charge in [-0.05, 0) is 38.6 Å². The summed E-state index contributed by atoms with van der Waals surface area (Å²) in [7, 11) is 2.24. The van der Waals surface area contributed by atoms with Crippen molar-refractivity contribution in [2.75, 3.05) is 33.2 Å². The van der Waals surface area contributed by atoms with Crippen molar-refractivity contribution in [1.29, 1.82) is 0 Å². The number of nitrogens with zero attached hydrogens (tertiary/aromatic N) is 2. The topological polar surface area (TPSA) is 6.48 Å². The highest BCUT2D eigenvalue weighted by molar-refractivity contribution is 4.81. The zero-order valence-corrected chi connectivity index (χ0v) is 9.71. The first-order valence-electron chi connectivity index (χ1n) is 6.18. The van der Waals surface area contributed by atoms with E-state index in [-0.39, 0.29) is 0 Å².